The van der Waals surface area contributed by atoms with Crippen LogP contribution in [0, 0.1) is 5.92 Å². The van der Waals surface area contributed by atoms with Crippen molar-refractivity contribution in [2.45, 2.75) is 58.9 Å². The summed E-state index contributed by atoms with van der Waals surface area (Å²) in [6, 6.07) is 8.04. The van der Waals surface area contributed by atoms with E-state index in [-0.39, 0.29) is 11.8 Å². The Morgan fingerprint density at radius 3 is 2.63 bits per heavy atom. The number of hydrogen-bond acceptors (Lipinski definition) is 3. The van der Waals surface area contributed by atoms with Gasteiger partial charge in [0.2, 0.25) is 11.8 Å². The average molecular weight is 411 g/mol. The molecule has 0 bridgehead atoms. The maximum Gasteiger partial charge on any atom is 0.246 e. The van der Waals surface area contributed by atoms with E-state index < -0.39 is 0 Å². The highest BCUT2D eigenvalue weighted by atomic mass is 16.2. The number of likely N-dealkylation sites (tertiary alicyclic amines) is 1. The molecular weight excluding hydrogens is 376 g/mol. The third-order valence-corrected chi connectivity index (χ3v) is 5.91. The van der Waals surface area contributed by atoms with Crippen LogP contribution < -0.4 is 5.32 Å². The molecular formula is C24H34N4O2. The number of carbonyl (C=O) groups is 2. The number of imidazole rings is 1. The van der Waals surface area contributed by atoms with Crippen LogP contribution in [0.3, 0.4) is 0 Å². The number of hydrogen-bond donors (Lipinski definition) is 1. The van der Waals surface area contributed by atoms with E-state index in [9.17, 15) is 9.59 Å². The lowest BCUT2D eigenvalue weighted by Crippen LogP contribution is -2.39. The summed E-state index contributed by atoms with van der Waals surface area (Å²) in [4.78, 5) is 31.3. The molecule has 0 unspecified atom stereocenters. The molecule has 1 aliphatic heterocycles. The molecule has 1 aromatic heterocycles. The van der Waals surface area contributed by atoms with Gasteiger partial charge >= 0.3 is 0 Å². The number of piperidine rings is 1. The van der Waals surface area contributed by atoms with E-state index in [1.54, 1.807) is 6.92 Å². The van der Waals surface area contributed by atoms with Crippen LogP contribution in [0.5, 0.6) is 0 Å². The van der Waals surface area contributed by atoms with E-state index in [0.29, 0.717) is 24.6 Å². The molecule has 30 heavy (non-hydrogen) atoms. The van der Waals surface area contributed by atoms with Gasteiger partial charge in [-0.1, -0.05) is 32.1 Å². The van der Waals surface area contributed by atoms with Crippen LogP contribution in [0.2, 0.25) is 0 Å². The number of para-hydroxylation sites is 2. The second-order valence-electron chi connectivity index (χ2n) is 8.51. The summed E-state index contributed by atoms with van der Waals surface area (Å²) in [5, 5.41) is 2.87. The second kappa shape index (κ2) is 10.4. The fourth-order valence-electron chi connectivity index (χ4n) is 3.92. The first-order valence-electron chi connectivity index (χ1n) is 11.1. The lowest BCUT2D eigenvalue weighted by molar-refractivity contribution is -0.133. The van der Waals surface area contributed by atoms with Gasteiger partial charge in [-0.3, -0.25) is 9.59 Å². The van der Waals surface area contributed by atoms with Gasteiger partial charge in [0.15, 0.2) is 0 Å². The molecule has 6 heteroatoms. The molecule has 162 valence electrons. The number of rotatable bonds is 9. The van der Waals surface area contributed by atoms with Crippen molar-refractivity contribution in [2.24, 2.45) is 5.92 Å². The van der Waals surface area contributed by atoms with Gasteiger partial charge in [0.1, 0.15) is 12.4 Å². The molecule has 0 atom stereocenters. The van der Waals surface area contributed by atoms with E-state index >= 15 is 0 Å². The number of fused-ring (bicyclic) bond motifs is 1. The summed E-state index contributed by atoms with van der Waals surface area (Å²) in [6.45, 7) is 10.4. The first-order valence-corrected chi connectivity index (χ1v) is 11.1. The number of nitrogens with one attached hydrogen (secondary N) is 1. The minimum atomic E-state index is -0.0811. The highest BCUT2D eigenvalue weighted by Crippen LogP contribution is 2.20. The van der Waals surface area contributed by atoms with Crippen LogP contribution in [-0.4, -0.2) is 45.9 Å². The van der Waals surface area contributed by atoms with E-state index in [1.807, 2.05) is 29.2 Å². The standard InChI is InChI=1S/C24H34N4O2/c1-18(2)24(30)25-14-8-4-5-11-22-26-20-9-6-7-10-21(20)28(22)17-23(29)27-15-12-19(3)13-16-27/h6-7,9-10,19H,1,4-5,8,11-17H2,2-3H3,(H,25,30). The molecule has 6 nitrogen and oxygen atoms in total. The Hall–Kier alpha value is -2.63. The van der Waals surface area contributed by atoms with E-state index in [4.69, 9.17) is 4.98 Å². The second-order valence-corrected chi connectivity index (χ2v) is 8.51. The zero-order valence-corrected chi connectivity index (χ0v) is 18.3. The third kappa shape index (κ3) is 5.71. The highest BCUT2D eigenvalue weighted by molar-refractivity contribution is 5.92. The fraction of sp³-hybridized carbons (Fsp3) is 0.542. The maximum absolute atomic E-state index is 12.9. The summed E-state index contributed by atoms with van der Waals surface area (Å²) in [5.74, 6) is 1.79. The Morgan fingerprint density at radius 1 is 1.17 bits per heavy atom. The normalized spacial score (nSPS) is 14.8. The third-order valence-electron chi connectivity index (χ3n) is 5.91. The molecule has 1 aromatic carbocycles. The summed E-state index contributed by atoms with van der Waals surface area (Å²) in [7, 11) is 0. The van der Waals surface area contributed by atoms with Gasteiger partial charge in [0.25, 0.3) is 0 Å². The van der Waals surface area contributed by atoms with Gasteiger partial charge in [-0.05, 0) is 50.7 Å². The minimum Gasteiger partial charge on any atom is -0.352 e. The topological polar surface area (TPSA) is 67.2 Å². The average Bonchev–Trinajstić information content (AvgIpc) is 3.08. The Morgan fingerprint density at radius 2 is 1.90 bits per heavy atom. The number of unbranched alkanes of at least 4 members (excludes halogenated alkanes) is 2. The van der Waals surface area contributed by atoms with Gasteiger partial charge in [0.05, 0.1) is 11.0 Å². The number of aromatic nitrogens is 2. The SMILES string of the molecule is C=C(C)C(=O)NCCCCCc1nc2ccccc2n1CC(=O)N1CCC(C)CC1. The Labute approximate surface area is 179 Å². The van der Waals surface area contributed by atoms with Gasteiger partial charge in [-0.2, -0.15) is 0 Å². The van der Waals surface area contributed by atoms with Gasteiger partial charge < -0.3 is 14.8 Å². The monoisotopic (exact) mass is 410 g/mol. The smallest absolute Gasteiger partial charge is 0.246 e. The molecule has 2 aromatic rings. The molecule has 1 aliphatic rings. The molecule has 1 fully saturated rings. The van der Waals surface area contributed by atoms with Crippen LogP contribution >= 0.6 is 0 Å². The quantitative estimate of drug-likeness (QED) is 0.506. The molecule has 3 rings (SSSR count). The summed E-state index contributed by atoms with van der Waals surface area (Å²) < 4.78 is 2.10. The largest absolute Gasteiger partial charge is 0.352 e. The molecule has 2 heterocycles. The molecule has 2 amide bonds. The van der Waals surface area contributed by atoms with Crippen molar-refractivity contribution >= 4 is 22.8 Å². The summed E-state index contributed by atoms with van der Waals surface area (Å²) >= 11 is 0. The first kappa shape index (κ1) is 22.1. The van der Waals surface area contributed by atoms with Crippen LogP contribution in [0.25, 0.3) is 11.0 Å². The molecule has 0 saturated carbocycles. The zero-order valence-electron chi connectivity index (χ0n) is 18.3. The van der Waals surface area contributed by atoms with Crippen molar-refractivity contribution < 1.29 is 9.59 Å². The molecule has 0 radical (unpaired) electrons. The van der Waals surface area contributed by atoms with Gasteiger partial charge in [0, 0.05) is 31.6 Å². The number of carbonyl (C=O) groups excluding carboxylic acids is 2. The molecule has 1 saturated heterocycles. The molecule has 0 spiro atoms. The first-order chi connectivity index (χ1) is 14.5. The fourth-order valence-corrected chi connectivity index (χ4v) is 3.92. The number of amides is 2. The van der Waals surface area contributed by atoms with Gasteiger partial charge in [-0.25, -0.2) is 4.98 Å². The lowest BCUT2D eigenvalue weighted by Gasteiger charge is -2.30. The number of aryl methyl sites for hydroxylation is 1. The van der Waals surface area contributed by atoms with Crippen molar-refractivity contribution in [3.8, 4) is 0 Å². The maximum atomic E-state index is 12.9. The Bertz CT molecular complexity index is 894. The van der Waals surface area contributed by atoms with Crippen LogP contribution in [0.15, 0.2) is 36.4 Å². The molecule has 0 aliphatic carbocycles. The summed E-state index contributed by atoms with van der Waals surface area (Å²) in [6.07, 6.45) is 5.90. The predicted octanol–water partition coefficient (Wildman–Crippen LogP) is 3.70. The minimum absolute atomic E-state index is 0.0811. The number of nitrogens with zero attached hydrogens (tertiary/aromatic N) is 3. The van der Waals surface area contributed by atoms with Gasteiger partial charge in [-0.15, -0.1) is 0 Å². The van der Waals surface area contributed by atoms with Crippen molar-refractivity contribution in [1.29, 1.82) is 0 Å². The van der Waals surface area contributed by atoms with Crippen LogP contribution in [0.4, 0.5) is 0 Å². The van der Waals surface area contributed by atoms with Crippen molar-refractivity contribution in [3.63, 3.8) is 0 Å². The van der Waals surface area contributed by atoms with Crippen LogP contribution in [0.1, 0.15) is 51.8 Å². The predicted molar refractivity (Wildman–Crippen MR) is 120 cm³/mol. The Kier molecular flexibility index (Phi) is 7.66. The molecule has 1 N–H and O–H groups in total. The van der Waals surface area contributed by atoms with E-state index in [0.717, 1.165) is 68.5 Å². The number of benzene rings is 1. The van der Waals surface area contributed by atoms with E-state index in [1.165, 1.54) is 0 Å². The van der Waals surface area contributed by atoms with Crippen molar-refractivity contribution in [3.05, 3.63) is 42.2 Å². The summed E-state index contributed by atoms with van der Waals surface area (Å²) in [5.41, 5.74) is 2.51. The Balaban J connectivity index is 1.58. The lowest BCUT2D eigenvalue weighted by atomic mass is 9.99. The zero-order chi connectivity index (χ0) is 21.5. The van der Waals surface area contributed by atoms with Crippen molar-refractivity contribution in [1.82, 2.24) is 19.8 Å². The highest BCUT2D eigenvalue weighted by Gasteiger charge is 2.22. The van der Waals surface area contributed by atoms with Crippen LogP contribution in [-0.2, 0) is 22.6 Å². The van der Waals surface area contributed by atoms with Crippen molar-refractivity contribution in [2.75, 3.05) is 19.6 Å². The van der Waals surface area contributed by atoms with E-state index in [2.05, 4.69) is 23.4 Å².